The number of aromatic nitrogens is 1. The third kappa shape index (κ3) is 1.48. The molecule has 2 aromatic rings. The van der Waals surface area contributed by atoms with Gasteiger partial charge in [-0.15, -0.1) is 0 Å². The standard InChI is InChI=1S/C11H9BrN2O2/c12-8-4-7(9-5-10(13)14-16-9)3-6-1-2-15-11(6)8/h3-5H,1-2H2,(H2,13,14). The van der Waals surface area contributed by atoms with Crippen LogP contribution in [0.4, 0.5) is 5.82 Å². The number of benzene rings is 1. The molecule has 5 heteroatoms. The summed E-state index contributed by atoms with van der Waals surface area (Å²) in [5, 5.41) is 3.67. The summed E-state index contributed by atoms with van der Waals surface area (Å²) in [5.41, 5.74) is 7.66. The highest BCUT2D eigenvalue weighted by Crippen LogP contribution is 2.38. The van der Waals surface area contributed by atoms with Gasteiger partial charge < -0.3 is 15.0 Å². The van der Waals surface area contributed by atoms with Gasteiger partial charge in [-0.1, -0.05) is 5.16 Å². The molecule has 0 amide bonds. The van der Waals surface area contributed by atoms with Crippen LogP contribution in [-0.2, 0) is 6.42 Å². The first-order chi connectivity index (χ1) is 7.74. The Kier molecular flexibility index (Phi) is 2.14. The maximum absolute atomic E-state index is 5.53. The quantitative estimate of drug-likeness (QED) is 0.872. The van der Waals surface area contributed by atoms with Gasteiger partial charge in [0.1, 0.15) is 5.75 Å². The second kappa shape index (κ2) is 3.52. The summed E-state index contributed by atoms with van der Waals surface area (Å²) >= 11 is 3.48. The number of nitrogens with zero attached hydrogens (tertiary/aromatic N) is 1. The molecule has 0 saturated carbocycles. The number of nitrogen functional groups attached to an aromatic ring is 1. The molecule has 1 aromatic heterocycles. The van der Waals surface area contributed by atoms with Crippen molar-refractivity contribution in [2.24, 2.45) is 0 Å². The highest BCUT2D eigenvalue weighted by molar-refractivity contribution is 9.10. The first kappa shape index (κ1) is 9.72. The Morgan fingerprint density at radius 2 is 2.19 bits per heavy atom. The molecule has 0 atom stereocenters. The highest BCUT2D eigenvalue weighted by atomic mass is 79.9. The minimum atomic E-state index is 0.392. The lowest BCUT2D eigenvalue weighted by molar-refractivity contribution is 0.355. The number of anilines is 1. The molecular weight excluding hydrogens is 272 g/mol. The summed E-state index contributed by atoms with van der Waals surface area (Å²) in [6.07, 6.45) is 0.922. The van der Waals surface area contributed by atoms with Crippen LogP contribution in [-0.4, -0.2) is 11.8 Å². The number of rotatable bonds is 1. The molecule has 1 aliphatic rings. The monoisotopic (exact) mass is 280 g/mol. The van der Waals surface area contributed by atoms with Crippen molar-refractivity contribution in [3.63, 3.8) is 0 Å². The fourth-order valence-corrected chi connectivity index (χ4v) is 2.44. The van der Waals surface area contributed by atoms with E-state index >= 15 is 0 Å². The summed E-state index contributed by atoms with van der Waals surface area (Å²) in [5.74, 6) is 1.99. The lowest BCUT2D eigenvalue weighted by Gasteiger charge is -2.04. The molecule has 2 heterocycles. The third-order valence-electron chi connectivity index (χ3n) is 2.55. The van der Waals surface area contributed by atoms with Gasteiger partial charge in [-0.3, -0.25) is 0 Å². The van der Waals surface area contributed by atoms with Crippen LogP contribution in [0.1, 0.15) is 5.56 Å². The zero-order chi connectivity index (χ0) is 11.1. The van der Waals surface area contributed by atoms with Crippen molar-refractivity contribution in [2.45, 2.75) is 6.42 Å². The van der Waals surface area contributed by atoms with E-state index in [-0.39, 0.29) is 0 Å². The van der Waals surface area contributed by atoms with Crippen molar-refractivity contribution in [1.29, 1.82) is 0 Å². The smallest absolute Gasteiger partial charge is 0.169 e. The van der Waals surface area contributed by atoms with Gasteiger partial charge in [0.15, 0.2) is 11.6 Å². The molecular formula is C11H9BrN2O2. The maximum Gasteiger partial charge on any atom is 0.169 e. The van der Waals surface area contributed by atoms with E-state index < -0.39 is 0 Å². The maximum atomic E-state index is 5.53. The van der Waals surface area contributed by atoms with Crippen LogP contribution in [0.2, 0.25) is 0 Å². The van der Waals surface area contributed by atoms with Crippen LogP contribution >= 0.6 is 15.9 Å². The van der Waals surface area contributed by atoms with Crippen molar-refractivity contribution in [2.75, 3.05) is 12.3 Å². The van der Waals surface area contributed by atoms with Gasteiger partial charge in [0.25, 0.3) is 0 Å². The molecule has 0 spiro atoms. The number of halogens is 1. The molecule has 0 bridgehead atoms. The Bertz CT molecular complexity index is 551. The van der Waals surface area contributed by atoms with Gasteiger partial charge in [-0.05, 0) is 33.6 Å². The van der Waals surface area contributed by atoms with Crippen LogP contribution in [0.15, 0.2) is 27.2 Å². The second-order valence-corrected chi connectivity index (χ2v) is 4.52. The Morgan fingerprint density at radius 1 is 1.31 bits per heavy atom. The van der Waals surface area contributed by atoms with E-state index in [2.05, 4.69) is 21.1 Å². The second-order valence-electron chi connectivity index (χ2n) is 3.66. The number of hydrogen-bond donors (Lipinski definition) is 1. The minimum Gasteiger partial charge on any atom is -0.492 e. The van der Waals surface area contributed by atoms with Crippen molar-refractivity contribution in [3.8, 4) is 17.1 Å². The van der Waals surface area contributed by atoms with Gasteiger partial charge in [0, 0.05) is 18.1 Å². The van der Waals surface area contributed by atoms with Crippen LogP contribution < -0.4 is 10.5 Å². The zero-order valence-corrected chi connectivity index (χ0v) is 9.95. The van der Waals surface area contributed by atoms with Crippen LogP contribution in [0.3, 0.4) is 0 Å². The summed E-state index contributed by atoms with van der Waals surface area (Å²) in [6, 6.07) is 5.71. The average Bonchev–Trinajstić information content (AvgIpc) is 2.85. The van der Waals surface area contributed by atoms with E-state index in [1.807, 2.05) is 12.1 Å². The van der Waals surface area contributed by atoms with Gasteiger partial charge in [0.05, 0.1) is 11.1 Å². The summed E-state index contributed by atoms with van der Waals surface area (Å²) in [7, 11) is 0. The molecule has 0 aliphatic carbocycles. The minimum absolute atomic E-state index is 0.392. The van der Waals surface area contributed by atoms with E-state index in [1.54, 1.807) is 6.07 Å². The van der Waals surface area contributed by atoms with Gasteiger partial charge >= 0.3 is 0 Å². The molecule has 1 aliphatic heterocycles. The largest absolute Gasteiger partial charge is 0.492 e. The lowest BCUT2D eigenvalue weighted by atomic mass is 10.1. The van der Waals surface area contributed by atoms with E-state index in [4.69, 9.17) is 15.0 Å². The summed E-state index contributed by atoms with van der Waals surface area (Å²) in [4.78, 5) is 0. The Hall–Kier alpha value is -1.49. The van der Waals surface area contributed by atoms with Gasteiger partial charge in [-0.25, -0.2) is 0 Å². The van der Waals surface area contributed by atoms with E-state index in [0.29, 0.717) is 11.6 Å². The third-order valence-corrected chi connectivity index (χ3v) is 3.14. The Morgan fingerprint density at radius 3 is 2.94 bits per heavy atom. The van der Waals surface area contributed by atoms with E-state index in [1.165, 1.54) is 5.56 Å². The first-order valence-corrected chi connectivity index (χ1v) is 5.71. The van der Waals surface area contributed by atoms with E-state index in [0.717, 1.165) is 28.8 Å². The summed E-state index contributed by atoms with van der Waals surface area (Å²) in [6.45, 7) is 0.732. The van der Waals surface area contributed by atoms with Crippen LogP contribution in [0.25, 0.3) is 11.3 Å². The van der Waals surface area contributed by atoms with Crippen molar-refractivity contribution >= 4 is 21.7 Å². The number of hydrogen-bond acceptors (Lipinski definition) is 4. The molecule has 82 valence electrons. The van der Waals surface area contributed by atoms with Gasteiger partial charge in [0.2, 0.25) is 0 Å². The highest BCUT2D eigenvalue weighted by Gasteiger charge is 2.18. The number of ether oxygens (including phenoxy) is 1. The molecule has 0 saturated heterocycles. The first-order valence-electron chi connectivity index (χ1n) is 4.92. The van der Waals surface area contributed by atoms with Crippen LogP contribution in [0, 0.1) is 0 Å². The van der Waals surface area contributed by atoms with Gasteiger partial charge in [-0.2, -0.15) is 0 Å². The molecule has 4 nitrogen and oxygen atoms in total. The molecule has 2 N–H and O–H groups in total. The SMILES string of the molecule is Nc1cc(-c2cc(Br)c3c(c2)CCO3)on1. The molecule has 0 fully saturated rings. The molecule has 0 radical (unpaired) electrons. The lowest BCUT2D eigenvalue weighted by Crippen LogP contribution is -1.86. The average molecular weight is 281 g/mol. The molecule has 3 rings (SSSR count). The zero-order valence-electron chi connectivity index (χ0n) is 8.37. The molecule has 1 aromatic carbocycles. The Labute approximate surface area is 100 Å². The van der Waals surface area contributed by atoms with Crippen molar-refractivity contribution in [1.82, 2.24) is 5.16 Å². The van der Waals surface area contributed by atoms with Crippen LogP contribution in [0.5, 0.6) is 5.75 Å². The number of fused-ring (bicyclic) bond motifs is 1. The molecule has 0 unspecified atom stereocenters. The normalized spacial score (nSPS) is 13.6. The summed E-state index contributed by atoms with van der Waals surface area (Å²) < 4.78 is 11.6. The van der Waals surface area contributed by atoms with E-state index in [9.17, 15) is 0 Å². The predicted molar refractivity (Wildman–Crippen MR) is 63.3 cm³/mol. The fraction of sp³-hybridized carbons (Fsp3) is 0.182. The predicted octanol–water partition coefficient (Wildman–Crippen LogP) is 2.62. The number of nitrogens with two attached hydrogens (primary N) is 1. The fourth-order valence-electron chi connectivity index (χ4n) is 1.83. The van der Waals surface area contributed by atoms with Crippen molar-refractivity contribution in [3.05, 3.63) is 28.2 Å². The topological polar surface area (TPSA) is 61.3 Å². The Balaban J connectivity index is 2.12. The molecule has 16 heavy (non-hydrogen) atoms. The van der Waals surface area contributed by atoms with Crippen molar-refractivity contribution < 1.29 is 9.26 Å².